The predicted octanol–water partition coefficient (Wildman–Crippen LogP) is 1.24. The van der Waals surface area contributed by atoms with E-state index in [9.17, 15) is 9.59 Å². The van der Waals surface area contributed by atoms with Gasteiger partial charge in [-0.05, 0) is 31.2 Å². The van der Waals surface area contributed by atoms with Gasteiger partial charge < -0.3 is 15.1 Å². The molecule has 2 fully saturated rings. The summed E-state index contributed by atoms with van der Waals surface area (Å²) in [6.07, 6.45) is 1.69. The molecule has 0 radical (unpaired) electrons. The van der Waals surface area contributed by atoms with Gasteiger partial charge in [-0.3, -0.25) is 9.59 Å². The standard InChI is InChI=1S/C13H20N4O3S3Si/c1-24(2,3)20-12(19)13(6-21-8-4-15-16-23-8)5-17-10(18)9(14)11(17)22-7-13/h4,9,11H,5-7,14H2,1-3H3/t9?,11-,13?/m1/s1. The minimum atomic E-state index is -2.02. The lowest BCUT2D eigenvalue weighted by atomic mass is 9.89. The predicted molar refractivity (Wildman–Crippen MR) is 98.4 cm³/mol. The van der Waals surface area contributed by atoms with Crippen molar-refractivity contribution in [3.05, 3.63) is 6.20 Å². The van der Waals surface area contributed by atoms with E-state index in [1.165, 1.54) is 11.5 Å². The minimum Gasteiger partial charge on any atom is -0.519 e. The highest BCUT2D eigenvalue weighted by Gasteiger charge is 2.56. The van der Waals surface area contributed by atoms with E-state index < -0.39 is 19.8 Å². The smallest absolute Gasteiger partial charge is 0.302 e. The number of nitrogens with zero attached hydrogens (tertiary/aromatic N) is 3. The number of rotatable bonds is 5. The van der Waals surface area contributed by atoms with Crippen LogP contribution in [0.4, 0.5) is 0 Å². The Morgan fingerprint density at radius 1 is 1.58 bits per heavy atom. The number of hydrogen-bond donors (Lipinski definition) is 1. The molecule has 132 valence electrons. The Morgan fingerprint density at radius 3 is 2.96 bits per heavy atom. The Kier molecular flexibility index (Phi) is 4.99. The number of carbonyl (C=O) groups is 2. The first-order chi connectivity index (χ1) is 11.2. The molecule has 0 saturated carbocycles. The highest BCUT2D eigenvalue weighted by atomic mass is 32.2. The van der Waals surface area contributed by atoms with Crippen molar-refractivity contribution in [1.29, 1.82) is 0 Å². The zero-order valence-corrected chi connectivity index (χ0v) is 17.2. The molecule has 3 heterocycles. The number of fused-ring (bicyclic) bond motifs is 1. The van der Waals surface area contributed by atoms with E-state index in [2.05, 4.69) is 9.59 Å². The molecule has 2 aliphatic rings. The molecule has 0 aliphatic carbocycles. The Balaban J connectivity index is 1.78. The number of hydrogen-bond acceptors (Lipinski definition) is 9. The summed E-state index contributed by atoms with van der Waals surface area (Å²) in [6, 6.07) is -0.445. The molecule has 2 unspecified atom stereocenters. The van der Waals surface area contributed by atoms with E-state index in [0.29, 0.717) is 18.1 Å². The third-order valence-corrected chi connectivity index (χ3v) is 8.38. The SMILES string of the molecule is C[Si](C)(C)OC(=O)C1(CSc2cnns2)CS[C@@H]2C(N)C(=O)N2C1. The van der Waals surface area contributed by atoms with Gasteiger partial charge in [0.1, 0.15) is 21.0 Å². The molecule has 7 nitrogen and oxygen atoms in total. The molecule has 3 rings (SSSR count). The maximum Gasteiger partial charge on any atom is 0.302 e. The fourth-order valence-electron chi connectivity index (χ4n) is 2.62. The number of thioether (sulfide) groups is 2. The lowest BCUT2D eigenvalue weighted by Crippen LogP contribution is -2.72. The molecule has 0 spiro atoms. The topological polar surface area (TPSA) is 98.4 Å². The number of nitrogens with two attached hydrogens (primary N) is 1. The van der Waals surface area contributed by atoms with Crippen LogP contribution in [0.3, 0.4) is 0 Å². The van der Waals surface area contributed by atoms with Crippen LogP contribution in [0.15, 0.2) is 10.4 Å². The van der Waals surface area contributed by atoms with Gasteiger partial charge in [-0.15, -0.1) is 28.6 Å². The van der Waals surface area contributed by atoms with E-state index in [4.69, 9.17) is 10.2 Å². The van der Waals surface area contributed by atoms with Crippen LogP contribution in [-0.2, 0) is 14.0 Å². The monoisotopic (exact) mass is 404 g/mol. The molecular weight excluding hydrogens is 384 g/mol. The van der Waals surface area contributed by atoms with Crippen molar-refractivity contribution in [3.63, 3.8) is 0 Å². The van der Waals surface area contributed by atoms with E-state index >= 15 is 0 Å². The van der Waals surface area contributed by atoms with Crippen LogP contribution >= 0.6 is 35.1 Å². The van der Waals surface area contributed by atoms with Crippen molar-refractivity contribution in [2.45, 2.75) is 35.3 Å². The number of carbonyl (C=O) groups excluding carboxylic acids is 2. The summed E-state index contributed by atoms with van der Waals surface area (Å²) in [5.74, 6) is 0.865. The zero-order valence-electron chi connectivity index (χ0n) is 13.7. The van der Waals surface area contributed by atoms with E-state index in [1.54, 1.807) is 34.6 Å². The molecule has 11 heteroatoms. The maximum atomic E-state index is 12.9. The summed E-state index contributed by atoms with van der Waals surface area (Å²) >= 11 is 4.42. The van der Waals surface area contributed by atoms with Gasteiger partial charge in [-0.25, -0.2) is 0 Å². The third kappa shape index (κ3) is 3.50. The molecule has 0 aromatic carbocycles. The van der Waals surface area contributed by atoms with Gasteiger partial charge >= 0.3 is 5.97 Å². The van der Waals surface area contributed by atoms with Crippen molar-refractivity contribution >= 4 is 55.3 Å². The first kappa shape index (κ1) is 18.2. The van der Waals surface area contributed by atoms with Gasteiger partial charge in [0.25, 0.3) is 0 Å². The van der Waals surface area contributed by atoms with Crippen LogP contribution in [-0.4, -0.2) is 64.1 Å². The normalized spacial score (nSPS) is 29.8. The molecule has 3 atom stereocenters. The highest BCUT2D eigenvalue weighted by molar-refractivity contribution is 8.01. The third-order valence-electron chi connectivity index (χ3n) is 3.85. The van der Waals surface area contributed by atoms with Crippen LogP contribution in [0.1, 0.15) is 0 Å². The summed E-state index contributed by atoms with van der Waals surface area (Å²) in [7, 11) is -2.02. The molecule has 1 amide bonds. The summed E-state index contributed by atoms with van der Waals surface area (Å²) in [4.78, 5) is 26.7. The largest absolute Gasteiger partial charge is 0.519 e. The molecule has 1 aromatic rings. The van der Waals surface area contributed by atoms with Crippen LogP contribution in [0, 0.1) is 5.41 Å². The lowest BCUT2D eigenvalue weighted by Gasteiger charge is -2.53. The first-order valence-electron chi connectivity index (χ1n) is 7.53. The van der Waals surface area contributed by atoms with Crippen molar-refractivity contribution in [1.82, 2.24) is 14.5 Å². The number of aromatic nitrogens is 2. The van der Waals surface area contributed by atoms with E-state index in [0.717, 1.165) is 4.21 Å². The molecular formula is C13H20N4O3S3Si. The number of amides is 1. The van der Waals surface area contributed by atoms with E-state index in [1.807, 2.05) is 19.6 Å². The minimum absolute atomic E-state index is 0.0135. The number of β-lactam (4-membered cyclic amide) rings is 1. The quantitative estimate of drug-likeness (QED) is 0.445. The summed E-state index contributed by atoms with van der Waals surface area (Å²) in [5.41, 5.74) is 5.14. The fraction of sp³-hybridized carbons (Fsp3) is 0.692. The van der Waals surface area contributed by atoms with Crippen LogP contribution in [0.25, 0.3) is 0 Å². The summed E-state index contributed by atoms with van der Waals surface area (Å²) < 4.78 is 10.6. The van der Waals surface area contributed by atoms with Gasteiger partial charge in [0, 0.05) is 18.1 Å². The van der Waals surface area contributed by atoms with Crippen molar-refractivity contribution in [3.8, 4) is 0 Å². The maximum absolute atomic E-state index is 12.9. The van der Waals surface area contributed by atoms with Crippen molar-refractivity contribution in [2.75, 3.05) is 18.1 Å². The first-order valence-corrected chi connectivity index (χ1v) is 13.7. The highest BCUT2D eigenvalue weighted by Crippen LogP contribution is 2.44. The zero-order chi connectivity index (χ0) is 17.5. The van der Waals surface area contributed by atoms with Gasteiger partial charge in [0.15, 0.2) is 0 Å². The van der Waals surface area contributed by atoms with Crippen LogP contribution in [0.2, 0.25) is 19.6 Å². The van der Waals surface area contributed by atoms with Crippen molar-refractivity contribution in [2.24, 2.45) is 11.1 Å². The van der Waals surface area contributed by atoms with Crippen molar-refractivity contribution < 1.29 is 14.0 Å². The van der Waals surface area contributed by atoms with Gasteiger partial charge in [-0.2, -0.15) is 0 Å². The fourth-order valence-corrected chi connectivity index (χ4v) is 6.61. The molecule has 24 heavy (non-hydrogen) atoms. The molecule has 0 bridgehead atoms. The summed E-state index contributed by atoms with van der Waals surface area (Å²) in [5, 5.41) is 3.81. The molecule has 1 aromatic heterocycles. The molecule has 2 aliphatic heterocycles. The summed E-state index contributed by atoms with van der Waals surface area (Å²) in [6.45, 7) is 6.34. The Bertz CT molecular complexity index is 639. The lowest BCUT2D eigenvalue weighted by molar-refractivity contribution is -0.154. The van der Waals surface area contributed by atoms with Gasteiger partial charge in [0.05, 0.1) is 6.20 Å². The van der Waals surface area contributed by atoms with Crippen LogP contribution in [0.5, 0.6) is 0 Å². The molecule has 2 saturated heterocycles. The second-order valence-electron chi connectivity index (χ2n) is 7.00. The Morgan fingerprint density at radius 2 is 2.33 bits per heavy atom. The average molecular weight is 405 g/mol. The van der Waals surface area contributed by atoms with Crippen LogP contribution < -0.4 is 5.73 Å². The van der Waals surface area contributed by atoms with E-state index in [-0.39, 0.29) is 17.3 Å². The Hall–Kier alpha value is -0.623. The van der Waals surface area contributed by atoms with Gasteiger partial charge in [0.2, 0.25) is 14.2 Å². The average Bonchev–Trinajstić information content (AvgIpc) is 3.03. The Labute approximate surface area is 154 Å². The second-order valence-corrected chi connectivity index (χ2v) is 14.6. The van der Waals surface area contributed by atoms with Gasteiger partial charge in [-0.1, -0.05) is 4.49 Å². The second kappa shape index (κ2) is 6.59. The molecule has 2 N–H and O–H groups in total.